The van der Waals surface area contributed by atoms with Crippen LogP contribution in [0, 0.1) is 11.3 Å². The van der Waals surface area contributed by atoms with Gasteiger partial charge in [-0.3, -0.25) is 4.79 Å². The summed E-state index contributed by atoms with van der Waals surface area (Å²) >= 11 is 0. The van der Waals surface area contributed by atoms with Gasteiger partial charge >= 0.3 is 0 Å². The lowest BCUT2D eigenvalue weighted by atomic mass is 9.80. The predicted molar refractivity (Wildman–Crippen MR) is 87.9 cm³/mol. The van der Waals surface area contributed by atoms with Crippen molar-refractivity contribution in [3.05, 3.63) is 0 Å². The van der Waals surface area contributed by atoms with Gasteiger partial charge in [-0.2, -0.15) is 0 Å². The number of carbonyl (C=O) groups excluding carboxylic acids is 1. The van der Waals surface area contributed by atoms with E-state index in [1.54, 1.807) is 7.11 Å². The number of likely N-dealkylation sites (tertiary alicyclic amines) is 1. The summed E-state index contributed by atoms with van der Waals surface area (Å²) in [6.45, 7) is 3.68. The third-order valence-corrected chi connectivity index (χ3v) is 5.19. The van der Waals surface area contributed by atoms with Crippen molar-refractivity contribution in [3.8, 4) is 0 Å². The standard InChI is InChI=1S/C16H30N2O2.ClH/c1-17-13-14-5-10-18(11-6-14)15(19)16(9-12-20-2)7-3-4-8-16;/h14,17H,3-13H2,1-2H3;1H. The Bertz CT molecular complexity index is 311. The molecule has 0 atom stereocenters. The van der Waals surface area contributed by atoms with Gasteiger partial charge in [0.1, 0.15) is 0 Å². The van der Waals surface area contributed by atoms with Crippen molar-refractivity contribution in [2.24, 2.45) is 11.3 Å². The first kappa shape index (κ1) is 18.7. The average molecular weight is 319 g/mol. The molecule has 4 nitrogen and oxygen atoms in total. The number of methoxy groups -OCH3 is 1. The Morgan fingerprint density at radius 2 is 1.90 bits per heavy atom. The molecule has 0 aromatic rings. The van der Waals surface area contributed by atoms with Crippen LogP contribution in [-0.4, -0.2) is 51.2 Å². The van der Waals surface area contributed by atoms with Gasteiger partial charge in [-0.1, -0.05) is 12.8 Å². The molecule has 1 saturated heterocycles. The van der Waals surface area contributed by atoms with Crippen molar-refractivity contribution in [1.29, 1.82) is 0 Å². The summed E-state index contributed by atoms with van der Waals surface area (Å²) in [4.78, 5) is 15.1. The molecule has 0 unspecified atom stereocenters. The summed E-state index contributed by atoms with van der Waals surface area (Å²) < 4.78 is 5.24. The number of carbonyl (C=O) groups is 1. The van der Waals surface area contributed by atoms with E-state index in [1.165, 1.54) is 12.8 Å². The van der Waals surface area contributed by atoms with Gasteiger partial charge < -0.3 is 15.0 Å². The van der Waals surface area contributed by atoms with E-state index in [0.29, 0.717) is 12.5 Å². The second-order valence-corrected chi connectivity index (χ2v) is 6.52. The smallest absolute Gasteiger partial charge is 0.228 e. The Morgan fingerprint density at radius 3 is 2.43 bits per heavy atom. The molecule has 21 heavy (non-hydrogen) atoms. The summed E-state index contributed by atoms with van der Waals surface area (Å²) in [6.07, 6.45) is 7.72. The van der Waals surface area contributed by atoms with Gasteiger partial charge in [-0.15, -0.1) is 12.4 Å². The molecule has 2 rings (SSSR count). The van der Waals surface area contributed by atoms with Crippen LogP contribution in [0.3, 0.4) is 0 Å². The number of hydrogen-bond acceptors (Lipinski definition) is 3. The normalized spacial score (nSPS) is 22.1. The van der Waals surface area contributed by atoms with E-state index >= 15 is 0 Å². The number of nitrogens with one attached hydrogen (secondary N) is 1. The molecule has 1 amide bonds. The van der Waals surface area contributed by atoms with Gasteiger partial charge in [0.15, 0.2) is 0 Å². The highest BCUT2D eigenvalue weighted by atomic mass is 35.5. The first-order chi connectivity index (χ1) is 9.72. The molecule has 2 fully saturated rings. The van der Waals surface area contributed by atoms with Crippen molar-refractivity contribution in [2.45, 2.75) is 44.9 Å². The molecule has 1 saturated carbocycles. The summed E-state index contributed by atoms with van der Waals surface area (Å²) in [6, 6.07) is 0. The number of amides is 1. The first-order valence-corrected chi connectivity index (χ1v) is 8.15. The number of hydrogen-bond donors (Lipinski definition) is 1. The van der Waals surface area contributed by atoms with Gasteiger partial charge in [0, 0.05) is 26.8 Å². The molecule has 0 aromatic carbocycles. The van der Waals surface area contributed by atoms with Crippen LogP contribution in [-0.2, 0) is 9.53 Å². The zero-order chi connectivity index (χ0) is 14.4. The van der Waals surface area contributed by atoms with Crippen LogP contribution in [0.25, 0.3) is 0 Å². The van der Waals surface area contributed by atoms with Crippen molar-refractivity contribution < 1.29 is 9.53 Å². The molecule has 5 heteroatoms. The van der Waals surface area contributed by atoms with E-state index in [9.17, 15) is 4.79 Å². The number of rotatable bonds is 6. The summed E-state index contributed by atoms with van der Waals surface area (Å²) in [7, 11) is 3.74. The summed E-state index contributed by atoms with van der Waals surface area (Å²) in [5, 5.41) is 3.25. The van der Waals surface area contributed by atoms with E-state index in [2.05, 4.69) is 10.2 Å². The van der Waals surface area contributed by atoms with E-state index in [4.69, 9.17) is 4.74 Å². The highest BCUT2D eigenvalue weighted by Gasteiger charge is 2.43. The minimum atomic E-state index is -0.105. The number of piperidine rings is 1. The molecule has 0 spiro atoms. The van der Waals surface area contributed by atoms with Crippen LogP contribution in [0.2, 0.25) is 0 Å². The van der Waals surface area contributed by atoms with E-state index in [-0.39, 0.29) is 17.8 Å². The van der Waals surface area contributed by atoms with Crippen LogP contribution in [0.4, 0.5) is 0 Å². The highest BCUT2D eigenvalue weighted by molar-refractivity contribution is 5.85. The molecule has 1 aliphatic carbocycles. The molecule has 124 valence electrons. The minimum Gasteiger partial charge on any atom is -0.385 e. The molecule has 1 aliphatic heterocycles. The third-order valence-electron chi connectivity index (χ3n) is 5.19. The van der Waals surface area contributed by atoms with Crippen molar-refractivity contribution in [3.63, 3.8) is 0 Å². The van der Waals surface area contributed by atoms with Crippen LogP contribution in [0.5, 0.6) is 0 Å². The Labute approximate surface area is 135 Å². The molecule has 1 N–H and O–H groups in total. The number of nitrogens with zero attached hydrogens (tertiary/aromatic N) is 1. The maximum absolute atomic E-state index is 12.9. The molecule has 0 aromatic heterocycles. The zero-order valence-electron chi connectivity index (χ0n) is 13.5. The number of ether oxygens (including phenoxy) is 1. The lowest BCUT2D eigenvalue weighted by molar-refractivity contribution is -0.144. The lowest BCUT2D eigenvalue weighted by Crippen LogP contribution is -2.47. The van der Waals surface area contributed by atoms with E-state index in [1.807, 2.05) is 7.05 Å². The monoisotopic (exact) mass is 318 g/mol. The molecule has 1 heterocycles. The average Bonchev–Trinajstić information content (AvgIpc) is 2.95. The van der Waals surface area contributed by atoms with E-state index in [0.717, 1.165) is 57.7 Å². The molecular formula is C16H31ClN2O2. The zero-order valence-corrected chi connectivity index (χ0v) is 14.3. The fraction of sp³-hybridized carbons (Fsp3) is 0.938. The topological polar surface area (TPSA) is 41.6 Å². The Kier molecular flexibility index (Phi) is 7.99. The SMILES string of the molecule is CNCC1CCN(C(=O)C2(CCOC)CCCC2)CC1.Cl. The molecular weight excluding hydrogens is 288 g/mol. The molecule has 2 aliphatic rings. The number of halogens is 1. The van der Waals surface area contributed by atoms with Gasteiger partial charge in [0.05, 0.1) is 5.41 Å². The Hall–Kier alpha value is -0.320. The lowest BCUT2D eigenvalue weighted by Gasteiger charge is -2.38. The van der Waals surface area contributed by atoms with Crippen molar-refractivity contribution >= 4 is 18.3 Å². The molecule has 0 radical (unpaired) electrons. The largest absolute Gasteiger partial charge is 0.385 e. The summed E-state index contributed by atoms with van der Waals surface area (Å²) in [5.41, 5.74) is -0.105. The molecule has 0 bridgehead atoms. The fourth-order valence-corrected chi connectivity index (χ4v) is 3.88. The van der Waals surface area contributed by atoms with Crippen LogP contribution < -0.4 is 5.32 Å². The second-order valence-electron chi connectivity index (χ2n) is 6.52. The third kappa shape index (κ3) is 4.57. The van der Waals surface area contributed by atoms with Gasteiger partial charge in [-0.25, -0.2) is 0 Å². The second kappa shape index (κ2) is 8.96. The maximum Gasteiger partial charge on any atom is 0.228 e. The van der Waals surface area contributed by atoms with Gasteiger partial charge in [0.25, 0.3) is 0 Å². The van der Waals surface area contributed by atoms with Crippen LogP contribution >= 0.6 is 12.4 Å². The van der Waals surface area contributed by atoms with Gasteiger partial charge in [0.2, 0.25) is 5.91 Å². The van der Waals surface area contributed by atoms with Crippen LogP contribution in [0.15, 0.2) is 0 Å². The fourth-order valence-electron chi connectivity index (χ4n) is 3.88. The minimum absolute atomic E-state index is 0. The highest BCUT2D eigenvalue weighted by Crippen LogP contribution is 2.43. The summed E-state index contributed by atoms with van der Waals surface area (Å²) in [5.74, 6) is 1.15. The van der Waals surface area contributed by atoms with Crippen molar-refractivity contribution in [1.82, 2.24) is 10.2 Å². The Morgan fingerprint density at radius 1 is 1.29 bits per heavy atom. The first-order valence-electron chi connectivity index (χ1n) is 8.15. The Balaban J connectivity index is 0.00000220. The predicted octanol–water partition coefficient (Wildman–Crippen LogP) is 2.46. The van der Waals surface area contributed by atoms with Crippen molar-refractivity contribution in [2.75, 3.05) is 40.4 Å². The quantitative estimate of drug-likeness (QED) is 0.818. The maximum atomic E-state index is 12.9. The van der Waals surface area contributed by atoms with E-state index < -0.39 is 0 Å². The van der Waals surface area contributed by atoms with Crippen LogP contribution in [0.1, 0.15) is 44.9 Å². The van der Waals surface area contributed by atoms with Gasteiger partial charge in [-0.05, 0) is 51.6 Å².